The number of hydrogen-bond acceptors (Lipinski definition) is 4. The number of hydrogen-bond donors (Lipinski definition) is 0. The van der Waals surface area contributed by atoms with Gasteiger partial charge in [0.05, 0.1) is 21.4 Å². The molecule has 25 heavy (non-hydrogen) atoms. The fraction of sp³-hybridized carbons (Fsp3) is 0.167. The molecule has 4 nitrogen and oxygen atoms in total. The van der Waals surface area contributed by atoms with Crippen LogP contribution in [-0.2, 0) is 22.1 Å². The number of halogens is 2. The number of ether oxygens (including phenoxy) is 1. The number of rotatable bonds is 7. The Morgan fingerprint density at radius 3 is 2.72 bits per heavy atom. The van der Waals surface area contributed by atoms with Crippen LogP contribution in [0.15, 0.2) is 54.7 Å². The van der Waals surface area contributed by atoms with Gasteiger partial charge in [0.25, 0.3) is 0 Å². The van der Waals surface area contributed by atoms with Gasteiger partial charge in [-0.15, -0.1) is 0 Å². The van der Waals surface area contributed by atoms with Crippen molar-refractivity contribution >= 4 is 47.3 Å². The number of aromatic nitrogens is 1. The van der Waals surface area contributed by atoms with Crippen molar-refractivity contribution in [3.8, 4) is 0 Å². The van der Waals surface area contributed by atoms with Crippen LogP contribution < -0.4 is 0 Å². The monoisotopic (exact) mass is 471 g/mol. The smallest absolute Gasteiger partial charge is 0.338 e. The maximum atomic E-state index is 12.9. The first-order chi connectivity index (χ1) is 12.2. The van der Waals surface area contributed by atoms with Crippen molar-refractivity contribution in [1.82, 2.24) is 4.57 Å². The third-order valence-corrected chi connectivity index (χ3v) is 4.77. The molecule has 0 N–H and O–H groups in total. The van der Waals surface area contributed by atoms with E-state index in [1.165, 1.54) is 21.3 Å². The molecule has 0 amide bonds. The van der Waals surface area contributed by atoms with Crippen LogP contribution in [0, 0.1) is 5.82 Å². The molecule has 0 aliphatic heterocycles. The van der Waals surface area contributed by atoms with E-state index in [0.717, 1.165) is 16.5 Å². The summed E-state index contributed by atoms with van der Waals surface area (Å²) in [5, 5.41) is 1.05. The van der Waals surface area contributed by atoms with Gasteiger partial charge in [0.2, 0.25) is 0 Å². The lowest BCUT2D eigenvalue weighted by molar-refractivity contribution is 0.0473. The number of fused-ring (bicyclic) bond motifs is 1. The van der Waals surface area contributed by atoms with Crippen LogP contribution in [0.1, 0.15) is 15.9 Å². The van der Waals surface area contributed by atoms with Crippen LogP contribution in [-0.4, -0.2) is 17.1 Å². The highest BCUT2D eigenvalue weighted by atomic mass is 127. The molecule has 1 aromatic heterocycles. The lowest BCUT2D eigenvalue weighted by atomic mass is 10.1. The fourth-order valence-corrected chi connectivity index (χ4v) is 3.16. The van der Waals surface area contributed by atoms with E-state index >= 15 is 0 Å². The van der Waals surface area contributed by atoms with E-state index in [4.69, 9.17) is 8.92 Å². The SMILES string of the molecule is O=C(OCc1ccc(F)cc1)c1ccc2ccn(CCOSI)c2c1. The highest BCUT2D eigenvalue weighted by Crippen LogP contribution is 2.20. The lowest BCUT2D eigenvalue weighted by Gasteiger charge is -2.07. The highest BCUT2D eigenvalue weighted by molar-refractivity contribution is 14.2. The second-order valence-electron chi connectivity index (χ2n) is 5.37. The number of benzene rings is 2. The summed E-state index contributed by atoms with van der Waals surface area (Å²) < 4.78 is 25.5. The number of carbonyl (C=O) groups excluding carboxylic acids is 1. The number of carbonyl (C=O) groups is 1. The van der Waals surface area contributed by atoms with Crippen molar-refractivity contribution in [2.24, 2.45) is 0 Å². The molecule has 0 bridgehead atoms. The Kier molecular flexibility index (Phi) is 6.33. The Labute approximate surface area is 161 Å². The molecule has 130 valence electrons. The largest absolute Gasteiger partial charge is 0.457 e. The Bertz CT molecular complexity index is 866. The van der Waals surface area contributed by atoms with Crippen LogP contribution >= 0.6 is 30.4 Å². The second-order valence-corrected chi connectivity index (χ2v) is 6.81. The maximum absolute atomic E-state index is 12.9. The standard InChI is InChI=1S/C18H15FINO3S/c19-16-5-1-13(2-6-16)12-23-18(22)15-4-3-14-7-8-21(17(14)11-15)9-10-24-25-20/h1-8,11H,9-10,12H2. The molecule has 3 rings (SSSR count). The van der Waals surface area contributed by atoms with E-state index in [1.807, 2.05) is 29.0 Å². The van der Waals surface area contributed by atoms with Gasteiger partial charge in [-0.3, -0.25) is 0 Å². The Hall–Kier alpha value is -1.58. The molecule has 0 radical (unpaired) electrons. The summed E-state index contributed by atoms with van der Waals surface area (Å²) in [6.45, 7) is 1.39. The summed E-state index contributed by atoms with van der Waals surface area (Å²) in [4.78, 5) is 12.3. The summed E-state index contributed by atoms with van der Waals surface area (Å²) in [6, 6.07) is 13.4. The molecule has 0 aliphatic carbocycles. The van der Waals surface area contributed by atoms with E-state index in [-0.39, 0.29) is 12.4 Å². The fourth-order valence-electron chi connectivity index (χ4n) is 2.49. The van der Waals surface area contributed by atoms with Gasteiger partial charge in [-0.1, -0.05) is 18.2 Å². The van der Waals surface area contributed by atoms with Gasteiger partial charge < -0.3 is 13.5 Å². The first kappa shape index (κ1) is 18.2. The average Bonchev–Trinajstić information content (AvgIpc) is 3.03. The van der Waals surface area contributed by atoms with Gasteiger partial charge in [-0.2, -0.15) is 0 Å². The predicted molar refractivity (Wildman–Crippen MR) is 105 cm³/mol. The van der Waals surface area contributed by atoms with Crippen molar-refractivity contribution in [3.05, 3.63) is 71.7 Å². The summed E-state index contributed by atoms with van der Waals surface area (Å²) in [5.41, 5.74) is 2.18. The molecule has 1 heterocycles. The molecule has 0 aliphatic rings. The van der Waals surface area contributed by atoms with Crippen LogP contribution in [0.2, 0.25) is 0 Å². The minimum absolute atomic E-state index is 0.110. The van der Waals surface area contributed by atoms with E-state index in [9.17, 15) is 9.18 Å². The molecule has 0 saturated carbocycles. The zero-order valence-electron chi connectivity index (χ0n) is 13.2. The number of esters is 1. The molecule has 0 unspecified atom stereocenters. The lowest BCUT2D eigenvalue weighted by Crippen LogP contribution is -2.06. The molecule has 0 spiro atoms. The molecule has 0 fully saturated rings. The first-order valence-electron chi connectivity index (χ1n) is 7.58. The van der Waals surface area contributed by atoms with Crippen LogP contribution in [0.4, 0.5) is 4.39 Å². The van der Waals surface area contributed by atoms with Crippen molar-refractivity contribution in [1.29, 1.82) is 0 Å². The Morgan fingerprint density at radius 2 is 1.96 bits per heavy atom. The third-order valence-electron chi connectivity index (χ3n) is 3.75. The summed E-state index contributed by atoms with van der Waals surface area (Å²) in [7, 11) is 1.30. The topological polar surface area (TPSA) is 40.5 Å². The van der Waals surface area contributed by atoms with Crippen molar-refractivity contribution in [2.75, 3.05) is 6.61 Å². The van der Waals surface area contributed by atoms with E-state index in [2.05, 4.69) is 21.2 Å². The molecule has 3 aromatic rings. The van der Waals surface area contributed by atoms with Crippen LogP contribution in [0.25, 0.3) is 10.9 Å². The summed E-state index contributed by atoms with van der Waals surface area (Å²) in [5.74, 6) is -0.718. The van der Waals surface area contributed by atoms with Gasteiger partial charge in [-0.05, 0) is 41.3 Å². The van der Waals surface area contributed by atoms with Crippen molar-refractivity contribution in [3.63, 3.8) is 0 Å². The normalized spacial score (nSPS) is 11.0. The number of nitrogens with zero attached hydrogens (tertiary/aromatic N) is 1. The quantitative estimate of drug-likeness (QED) is 0.207. The van der Waals surface area contributed by atoms with Crippen LogP contribution in [0.3, 0.4) is 0 Å². The zero-order valence-corrected chi connectivity index (χ0v) is 16.1. The van der Waals surface area contributed by atoms with E-state index in [0.29, 0.717) is 18.7 Å². The molecule has 7 heteroatoms. The Morgan fingerprint density at radius 1 is 1.16 bits per heavy atom. The molecule has 0 saturated heterocycles. The predicted octanol–water partition coefficient (Wildman–Crippen LogP) is 5.15. The van der Waals surface area contributed by atoms with Gasteiger partial charge >= 0.3 is 5.97 Å². The Balaban J connectivity index is 1.70. The van der Waals surface area contributed by atoms with E-state index in [1.54, 1.807) is 18.2 Å². The molecule has 0 atom stereocenters. The first-order valence-corrected chi connectivity index (χ1v) is 10.9. The minimum atomic E-state index is -0.405. The van der Waals surface area contributed by atoms with Crippen LogP contribution in [0.5, 0.6) is 0 Å². The maximum Gasteiger partial charge on any atom is 0.338 e. The second kappa shape index (κ2) is 8.68. The van der Waals surface area contributed by atoms with Gasteiger partial charge in [0.15, 0.2) is 0 Å². The minimum Gasteiger partial charge on any atom is -0.457 e. The molecular weight excluding hydrogens is 456 g/mol. The molecule has 2 aromatic carbocycles. The van der Waals surface area contributed by atoms with Gasteiger partial charge in [0, 0.05) is 39.5 Å². The summed E-state index contributed by atoms with van der Waals surface area (Å²) in [6.07, 6.45) is 1.97. The van der Waals surface area contributed by atoms with Gasteiger partial charge in [-0.25, -0.2) is 9.18 Å². The van der Waals surface area contributed by atoms with Gasteiger partial charge in [0.1, 0.15) is 12.4 Å². The average molecular weight is 471 g/mol. The van der Waals surface area contributed by atoms with Crippen molar-refractivity contribution < 1.29 is 18.1 Å². The van der Waals surface area contributed by atoms with Crippen molar-refractivity contribution in [2.45, 2.75) is 13.2 Å². The highest BCUT2D eigenvalue weighted by Gasteiger charge is 2.10. The third kappa shape index (κ3) is 4.74. The zero-order chi connectivity index (χ0) is 17.6. The molecular formula is C18H15FINO3S. The van der Waals surface area contributed by atoms with E-state index < -0.39 is 5.97 Å². The summed E-state index contributed by atoms with van der Waals surface area (Å²) >= 11 is 2.08.